The summed E-state index contributed by atoms with van der Waals surface area (Å²) < 4.78 is 122. The quantitative estimate of drug-likeness (QED) is 0.0198. The van der Waals surface area contributed by atoms with E-state index in [9.17, 15) is 83.8 Å². The SMILES string of the molecule is C.CCCC[C@](C=O)(CC)CS(=O)(=O)c1ccc(F)cc1Cc1cccc([N+](=O)[O-])c1.CCCC[C@]1(CC)CS(=O)(=O)c2ccc(F)cc2[C@@H](c2cccc([N+](=O)[O-])c2)[C@H]1O.CCCC[C@]1(CC)CS(=O)(=O)c2ccc(F)cc2[C@H](c2cccc([N+](=O)[O-])c2)[C@@H]1O.[H-].[K+]. The Kier molecular flexibility index (Phi) is 28.8. The minimum Gasteiger partial charge on any atom is -1.00 e. The summed E-state index contributed by atoms with van der Waals surface area (Å²) >= 11 is 0. The zero-order valence-corrected chi connectivity index (χ0v) is 57.8. The van der Waals surface area contributed by atoms with Crippen LogP contribution >= 0.6 is 0 Å². The first kappa shape index (κ1) is 78.8. The minimum atomic E-state index is -3.90. The molecule has 0 radical (unpaired) electrons. The smallest absolute Gasteiger partial charge is 1.00 e. The monoisotopic (exact) mass is 1360 g/mol. The molecular formula is C67H83F3KN3O15S3. The molecule has 6 aromatic carbocycles. The van der Waals surface area contributed by atoms with Gasteiger partial charge in [0.2, 0.25) is 0 Å². The molecule has 0 saturated carbocycles. The fourth-order valence-corrected chi connectivity index (χ4v) is 19.2. The first-order chi connectivity index (χ1) is 42.5. The predicted octanol–water partition coefficient (Wildman–Crippen LogP) is 11.8. The average Bonchev–Trinajstić information content (AvgIpc) is 1.62. The first-order valence-electron chi connectivity index (χ1n) is 30.1. The number of hydrogen-bond acceptors (Lipinski definition) is 15. The number of unbranched alkanes of at least 4 members (excludes halogenated alkanes) is 3. The summed E-state index contributed by atoms with van der Waals surface area (Å²) in [5, 5.41) is 56.8. The number of sulfone groups is 3. The largest absolute Gasteiger partial charge is 1.00 e. The molecule has 92 heavy (non-hydrogen) atoms. The van der Waals surface area contributed by atoms with E-state index in [2.05, 4.69) is 0 Å². The van der Waals surface area contributed by atoms with Crippen LogP contribution in [-0.2, 0) is 40.7 Å². The third-order valence-corrected chi connectivity index (χ3v) is 23.8. The second kappa shape index (κ2) is 33.7. The van der Waals surface area contributed by atoms with Crippen LogP contribution in [0.2, 0.25) is 0 Å². The van der Waals surface area contributed by atoms with Crippen molar-refractivity contribution in [2.45, 2.75) is 171 Å². The summed E-state index contributed by atoms with van der Waals surface area (Å²) in [5.41, 5.74) is -1.55. The van der Waals surface area contributed by atoms with Crippen molar-refractivity contribution >= 4 is 52.9 Å². The molecule has 6 aromatic rings. The van der Waals surface area contributed by atoms with Crippen LogP contribution in [0.3, 0.4) is 0 Å². The molecule has 2 heterocycles. The van der Waals surface area contributed by atoms with Crippen LogP contribution in [0.25, 0.3) is 0 Å². The Morgan fingerprint density at radius 2 is 1.00 bits per heavy atom. The molecule has 25 heteroatoms. The molecule has 496 valence electrons. The molecule has 0 spiro atoms. The Morgan fingerprint density at radius 3 is 1.39 bits per heavy atom. The van der Waals surface area contributed by atoms with Crippen molar-refractivity contribution < 1.29 is 121 Å². The van der Waals surface area contributed by atoms with Gasteiger partial charge in [0.25, 0.3) is 17.1 Å². The summed E-state index contributed by atoms with van der Waals surface area (Å²) in [6.07, 6.45) is 5.79. The van der Waals surface area contributed by atoms with E-state index in [1.54, 1.807) is 25.1 Å². The van der Waals surface area contributed by atoms with Crippen LogP contribution < -0.4 is 51.4 Å². The summed E-state index contributed by atoms with van der Waals surface area (Å²) in [5.74, 6) is -4.49. The van der Waals surface area contributed by atoms with Crippen LogP contribution in [0.1, 0.15) is 173 Å². The van der Waals surface area contributed by atoms with E-state index in [1.807, 2.05) is 34.6 Å². The molecule has 8 rings (SSSR count). The van der Waals surface area contributed by atoms with Crippen molar-refractivity contribution in [1.82, 2.24) is 0 Å². The second-order valence-electron chi connectivity index (χ2n) is 23.6. The molecule has 0 saturated heterocycles. The van der Waals surface area contributed by atoms with Gasteiger partial charge in [0.05, 0.1) is 58.9 Å². The third-order valence-electron chi connectivity index (χ3n) is 17.8. The van der Waals surface area contributed by atoms with Crippen molar-refractivity contribution in [2.24, 2.45) is 16.2 Å². The number of nitro benzene ring substituents is 3. The van der Waals surface area contributed by atoms with E-state index >= 15 is 0 Å². The van der Waals surface area contributed by atoms with Gasteiger partial charge in [-0.05, 0) is 133 Å². The number of non-ortho nitro benzene ring substituents is 3. The van der Waals surface area contributed by atoms with Gasteiger partial charge < -0.3 is 16.4 Å². The van der Waals surface area contributed by atoms with Gasteiger partial charge in [-0.3, -0.25) is 30.3 Å². The number of benzene rings is 6. The van der Waals surface area contributed by atoms with E-state index in [0.29, 0.717) is 55.2 Å². The molecule has 0 aliphatic carbocycles. The number of nitro groups is 3. The second-order valence-corrected chi connectivity index (χ2v) is 29.5. The fraction of sp³-hybridized carbons (Fsp3) is 0.448. The number of hydrogen-bond donors (Lipinski definition) is 2. The van der Waals surface area contributed by atoms with E-state index < -0.39 is 102 Å². The zero-order valence-electron chi connectivity index (χ0n) is 53.2. The molecule has 7 atom stereocenters. The summed E-state index contributed by atoms with van der Waals surface area (Å²) in [6.45, 7) is 11.4. The fourth-order valence-electron chi connectivity index (χ4n) is 12.6. The number of aliphatic hydroxyl groups excluding tert-OH is 2. The predicted molar refractivity (Wildman–Crippen MR) is 344 cm³/mol. The van der Waals surface area contributed by atoms with Gasteiger partial charge in [0.15, 0.2) is 29.5 Å². The van der Waals surface area contributed by atoms with E-state index in [1.165, 1.54) is 72.8 Å². The average molecular weight is 1360 g/mol. The molecule has 18 nitrogen and oxygen atoms in total. The van der Waals surface area contributed by atoms with Crippen molar-refractivity contribution in [3.8, 4) is 0 Å². The Labute approximate surface area is 582 Å². The molecule has 0 fully saturated rings. The van der Waals surface area contributed by atoms with Crippen LogP contribution in [0.4, 0.5) is 30.2 Å². The van der Waals surface area contributed by atoms with Crippen LogP contribution in [-0.4, -0.2) is 86.0 Å². The van der Waals surface area contributed by atoms with Gasteiger partial charge in [0, 0.05) is 64.5 Å². The maximum atomic E-state index is 14.2. The Hall–Kier alpha value is -5.61. The molecular weight excluding hydrogens is 1280 g/mol. The number of halogens is 3. The number of carbonyl (C=O) groups excluding carboxylic acids is 1. The number of aliphatic hydroxyl groups is 2. The van der Waals surface area contributed by atoms with E-state index in [0.717, 1.165) is 81.2 Å². The maximum Gasteiger partial charge on any atom is 1.00 e. The van der Waals surface area contributed by atoms with Crippen molar-refractivity contribution in [2.75, 3.05) is 17.3 Å². The van der Waals surface area contributed by atoms with Crippen LogP contribution in [0.15, 0.2) is 142 Å². The van der Waals surface area contributed by atoms with Gasteiger partial charge in [-0.2, -0.15) is 0 Å². The molecule has 0 bridgehead atoms. The molecule has 0 unspecified atom stereocenters. The first-order valence-corrected chi connectivity index (χ1v) is 35.0. The van der Waals surface area contributed by atoms with Gasteiger partial charge >= 0.3 is 51.4 Å². The zero-order chi connectivity index (χ0) is 66.6. The molecule has 2 aliphatic rings. The van der Waals surface area contributed by atoms with E-state index in [-0.39, 0.29) is 132 Å². The third kappa shape index (κ3) is 18.4. The normalized spacial score (nSPS) is 20.9. The van der Waals surface area contributed by atoms with Gasteiger partial charge in [0.1, 0.15) is 23.7 Å². The molecule has 2 aliphatic heterocycles. The Morgan fingerprint density at radius 1 is 0.598 bits per heavy atom. The Balaban J connectivity index is 0.000000358. The Bertz CT molecular complexity index is 3780. The molecule has 0 amide bonds. The van der Waals surface area contributed by atoms with Crippen molar-refractivity contribution in [1.29, 1.82) is 0 Å². The van der Waals surface area contributed by atoms with E-state index in [4.69, 9.17) is 0 Å². The van der Waals surface area contributed by atoms with Crippen LogP contribution in [0.5, 0.6) is 0 Å². The number of carbonyl (C=O) groups is 1. The number of rotatable bonds is 23. The number of aldehydes is 1. The minimum absolute atomic E-state index is 0. The van der Waals surface area contributed by atoms with Gasteiger partial charge in [-0.25, -0.2) is 38.4 Å². The molecule has 0 aromatic heterocycles. The van der Waals surface area contributed by atoms with Gasteiger partial charge in [-0.15, -0.1) is 0 Å². The number of nitrogens with zero attached hydrogens (tertiary/aromatic N) is 3. The maximum absolute atomic E-state index is 14.2. The topological polar surface area (TPSA) is 289 Å². The van der Waals surface area contributed by atoms with Gasteiger partial charge in [-0.1, -0.05) is 124 Å². The number of fused-ring (bicyclic) bond motifs is 2. The summed E-state index contributed by atoms with van der Waals surface area (Å²) in [6, 6.07) is 27.7. The van der Waals surface area contributed by atoms with Crippen LogP contribution in [0, 0.1) is 64.0 Å². The standard InChI is InChI=1S/3C22H26FNO5S.CH4.K.H/c2*1-3-5-11-22(4-2)14-30(28,29)19-10-9-16(23)13-18(19)20(21(22)25)15-7-6-8-17(12-15)24(26)27;1-3-5-11-22(4-2,15-25)16-30(28,29)21-10-9-19(23)14-18(21)12-17-7-6-8-20(13-17)24(26)27;;;/h2*6-10,12-13,20-21,25H,3-5,11,14H2,1-2H3;6-10,13-15H,3-5,11-12,16H2,1-2H3;1H4;;/q;;;;+1;-1/t20-,21-,22+;20-,21-,22-;22-;;;/m010.../s1. The van der Waals surface area contributed by atoms with Crippen molar-refractivity contribution in [3.63, 3.8) is 0 Å². The molecule has 2 N–H and O–H groups in total. The summed E-state index contributed by atoms with van der Waals surface area (Å²) in [4.78, 5) is 43.7. The summed E-state index contributed by atoms with van der Waals surface area (Å²) in [7, 11) is -11.5. The van der Waals surface area contributed by atoms with Crippen molar-refractivity contribution in [3.05, 3.63) is 209 Å².